The van der Waals surface area contributed by atoms with E-state index in [9.17, 15) is 0 Å². The van der Waals surface area contributed by atoms with E-state index in [1.807, 2.05) is 6.07 Å². The molecule has 0 saturated carbocycles. The molecule has 0 spiro atoms. The molecule has 1 unspecified atom stereocenters. The minimum absolute atomic E-state index is 0.381. The van der Waals surface area contributed by atoms with Crippen LogP contribution in [0.25, 0.3) is 0 Å². The molecular weight excluding hydrogens is 261 g/mol. The van der Waals surface area contributed by atoms with Gasteiger partial charge in [0.25, 0.3) is 0 Å². The van der Waals surface area contributed by atoms with Crippen molar-refractivity contribution in [2.45, 2.75) is 12.5 Å². The van der Waals surface area contributed by atoms with Crippen LogP contribution >= 0.6 is 23.2 Å². The summed E-state index contributed by atoms with van der Waals surface area (Å²) in [5.41, 5.74) is 0. The summed E-state index contributed by atoms with van der Waals surface area (Å²) in [5, 5.41) is 4.43. The van der Waals surface area contributed by atoms with Crippen molar-refractivity contribution in [3.05, 3.63) is 28.2 Å². The van der Waals surface area contributed by atoms with E-state index in [0.717, 1.165) is 31.9 Å². The van der Waals surface area contributed by atoms with Gasteiger partial charge in [-0.1, -0.05) is 23.2 Å². The van der Waals surface area contributed by atoms with Gasteiger partial charge < -0.3 is 14.8 Å². The standard InChI is InChI=1S/C12H15Cl2NO2/c13-11-2-1-10(7-12(11)14)17-5-3-9-8-16-6-4-15-9/h1-2,7,9,15H,3-6,8H2. The molecule has 17 heavy (non-hydrogen) atoms. The summed E-state index contributed by atoms with van der Waals surface area (Å²) in [7, 11) is 0. The zero-order valence-electron chi connectivity index (χ0n) is 9.42. The fourth-order valence-corrected chi connectivity index (χ4v) is 1.98. The molecule has 1 saturated heterocycles. The second kappa shape index (κ2) is 6.45. The van der Waals surface area contributed by atoms with Crippen molar-refractivity contribution in [2.75, 3.05) is 26.4 Å². The summed E-state index contributed by atoms with van der Waals surface area (Å²) in [5.74, 6) is 0.746. The summed E-state index contributed by atoms with van der Waals surface area (Å²) in [6.07, 6.45) is 0.917. The number of rotatable bonds is 4. The van der Waals surface area contributed by atoms with Gasteiger partial charge in [0.05, 0.1) is 29.9 Å². The average Bonchev–Trinajstić information content (AvgIpc) is 2.35. The Morgan fingerprint density at radius 2 is 2.24 bits per heavy atom. The van der Waals surface area contributed by atoms with Gasteiger partial charge in [0.1, 0.15) is 5.75 Å². The molecule has 5 heteroatoms. The molecule has 0 bridgehead atoms. The largest absolute Gasteiger partial charge is 0.493 e. The quantitative estimate of drug-likeness (QED) is 0.917. The Labute approximate surface area is 111 Å². The highest BCUT2D eigenvalue weighted by atomic mass is 35.5. The molecule has 2 rings (SSSR count). The third-order valence-electron chi connectivity index (χ3n) is 2.62. The molecule has 0 aromatic heterocycles. The summed E-state index contributed by atoms with van der Waals surface area (Å²) >= 11 is 11.7. The number of nitrogens with one attached hydrogen (secondary N) is 1. The maximum Gasteiger partial charge on any atom is 0.120 e. The van der Waals surface area contributed by atoms with E-state index >= 15 is 0 Å². The van der Waals surface area contributed by atoms with Gasteiger partial charge in [0.2, 0.25) is 0 Å². The molecule has 1 atom stereocenters. The van der Waals surface area contributed by atoms with Crippen LogP contribution in [0.5, 0.6) is 5.75 Å². The number of benzene rings is 1. The topological polar surface area (TPSA) is 30.5 Å². The van der Waals surface area contributed by atoms with Gasteiger partial charge in [-0.3, -0.25) is 0 Å². The number of hydrogen-bond donors (Lipinski definition) is 1. The molecule has 0 radical (unpaired) electrons. The van der Waals surface area contributed by atoms with Gasteiger partial charge >= 0.3 is 0 Å². The lowest BCUT2D eigenvalue weighted by Crippen LogP contribution is -2.41. The third kappa shape index (κ3) is 4.03. The Hall–Kier alpha value is -0.480. The van der Waals surface area contributed by atoms with Crippen molar-refractivity contribution >= 4 is 23.2 Å². The van der Waals surface area contributed by atoms with E-state index in [2.05, 4.69) is 5.32 Å². The zero-order valence-corrected chi connectivity index (χ0v) is 10.9. The Bertz CT molecular complexity index is 368. The van der Waals surface area contributed by atoms with Crippen LogP contribution in [-0.4, -0.2) is 32.4 Å². The fraction of sp³-hybridized carbons (Fsp3) is 0.500. The van der Waals surface area contributed by atoms with E-state index < -0.39 is 0 Å². The first-order chi connectivity index (χ1) is 8.25. The minimum atomic E-state index is 0.381. The Balaban J connectivity index is 1.75. The lowest BCUT2D eigenvalue weighted by atomic mass is 10.2. The van der Waals surface area contributed by atoms with Gasteiger partial charge in [-0.15, -0.1) is 0 Å². The summed E-state index contributed by atoms with van der Waals surface area (Å²) < 4.78 is 11.0. The molecule has 0 amide bonds. The summed E-state index contributed by atoms with van der Waals surface area (Å²) in [6, 6.07) is 5.67. The second-order valence-electron chi connectivity index (χ2n) is 3.94. The van der Waals surface area contributed by atoms with Gasteiger partial charge in [-0.05, 0) is 18.6 Å². The maximum atomic E-state index is 5.90. The van der Waals surface area contributed by atoms with Crippen LogP contribution < -0.4 is 10.1 Å². The van der Waals surface area contributed by atoms with Crippen molar-refractivity contribution in [2.24, 2.45) is 0 Å². The van der Waals surface area contributed by atoms with Gasteiger partial charge in [0, 0.05) is 18.7 Å². The fourth-order valence-electron chi connectivity index (χ4n) is 1.69. The Morgan fingerprint density at radius 1 is 1.35 bits per heavy atom. The van der Waals surface area contributed by atoms with Gasteiger partial charge in [0.15, 0.2) is 0 Å². The van der Waals surface area contributed by atoms with Crippen LogP contribution in [0.1, 0.15) is 6.42 Å². The number of ether oxygens (including phenoxy) is 2. The van der Waals surface area contributed by atoms with Gasteiger partial charge in [-0.25, -0.2) is 0 Å². The molecule has 94 valence electrons. The Morgan fingerprint density at radius 3 is 2.94 bits per heavy atom. The van der Waals surface area contributed by atoms with E-state index in [1.165, 1.54) is 0 Å². The van der Waals surface area contributed by atoms with E-state index in [-0.39, 0.29) is 0 Å². The predicted octanol–water partition coefficient (Wildman–Crippen LogP) is 2.75. The lowest BCUT2D eigenvalue weighted by Gasteiger charge is -2.23. The summed E-state index contributed by atoms with van der Waals surface area (Å²) in [6.45, 7) is 3.10. The molecular formula is C12H15Cl2NO2. The van der Waals surface area contributed by atoms with E-state index in [1.54, 1.807) is 12.1 Å². The average molecular weight is 276 g/mol. The smallest absolute Gasteiger partial charge is 0.120 e. The molecule has 1 fully saturated rings. The molecule has 1 aromatic carbocycles. The first kappa shape index (κ1) is 13.0. The first-order valence-electron chi connectivity index (χ1n) is 5.64. The molecule has 3 nitrogen and oxygen atoms in total. The maximum absolute atomic E-state index is 5.90. The second-order valence-corrected chi connectivity index (χ2v) is 4.75. The first-order valence-corrected chi connectivity index (χ1v) is 6.40. The molecule has 0 aliphatic carbocycles. The van der Waals surface area contributed by atoms with Crippen LogP contribution in [0.3, 0.4) is 0 Å². The number of halogens is 2. The van der Waals surface area contributed by atoms with Crippen molar-refractivity contribution in [1.29, 1.82) is 0 Å². The van der Waals surface area contributed by atoms with Crippen LogP contribution in [0.4, 0.5) is 0 Å². The lowest BCUT2D eigenvalue weighted by molar-refractivity contribution is 0.0691. The highest BCUT2D eigenvalue weighted by Gasteiger charge is 2.12. The van der Waals surface area contributed by atoms with Crippen molar-refractivity contribution in [3.8, 4) is 5.75 Å². The highest BCUT2D eigenvalue weighted by Crippen LogP contribution is 2.26. The highest BCUT2D eigenvalue weighted by molar-refractivity contribution is 6.42. The van der Waals surface area contributed by atoms with Crippen LogP contribution in [-0.2, 0) is 4.74 Å². The van der Waals surface area contributed by atoms with Crippen LogP contribution in [0.2, 0.25) is 10.0 Å². The zero-order chi connectivity index (χ0) is 12.1. The number of morpholine rings is 1. The van der Waals surface area contributed by atoms with Crippen LogP contribution in [0, 0.1) is 0 Å². The molecule has 1 heterocycles. The van der Waals surface area contributed by atoms with Crippen LogP contribution in [0.15, 0.2) is 18.2 Å². The predicted molar refractivity (Wildman–Crippen MR) is 69.2 cm³/mol. The normalized spacial score (nSPS) is 20.2. The van der Waals surface area contributed by atoms with Gasteiger partial charge in [-0.2, -0.15) is 0 Å². The molecule has 1 aromatic rings. The SMILES string of the molecule is Clc1ccc(OCCC2COCCN2)cc1Cl. The third-order valence-corrected chi connectivity index (χ3v) is 3.36. The summed E-state index contributed by atoms with van der Waals surface area (Å²) in [4.78, 5) is 0. The van der Waals surface area contributed by atoms with Crippen molar-refractivity contribution in [3.63, 3.8) is 0 Å². The van der Waals surface area contributed by atoms with E-state index in [4.69, 9.17) is 32.7 Å². The van der Waals surface area contributed by atoms with Crippen molar-refractivity contribution < 1.29 is 9.47 Å². The molecule has 1 N–H and O–H groups in total. The van der Waals surface area contributed by atoms with E-state index in [0.29, 0.717) is 22.7 Å². The number of hydrogen-bond acceptors (Lipinski definition) is 3. The molecule has 1 aliphatic rings. The van der Waals surface area contributed by atoms with Crippen molar-refractivity contribution in [1.82, 2.24) is 5.32 Å². The monoisotopic (exact) mass is 275 g/mol. The molecule has 1 aliphatic heterocycles. The minimum Gasteiger partial charge on any atom is -0.493 e. The Kier molecular flexibility index (Phi) is 4.92.